The Morgan fingerprint density at radius 2 is 1.55 bits per heavy atom. The van der Waals surface area contributed by atoms with Crippen molar-refractivity contribution in [2.75, 3.05) is 17.7 Å². The van der Waals surface area contributed by atoms with Gasteiger partial charge in [0.1, 0.15) is 21.8 Å². The Bertz CT molecular complexity index is 2480. The molecule has 2 atom stereocenters. The molecule has 3 amide bonds. The summed E-state index contributed by atoms with van der Waals surface area (Å²) >= 11 is 8.96. The van der Waals surface area contributed by atoms with Crippen LogP contribution in [0.25, 0.3) is 6.08 Å². The average Bonchev–Trinajstić information content (AvgIpc) is 3.61. The number of halogens is 2. The molecule has 0 spiro atoms. The predicted molar refractivity (Wildman–Crippen MR) is 229 cm³/mol. The van der Waals surface area contributed by atoms with Crippen molar-refractivity contribution in [1.29, 1.82) is 0 Å². The highest BCUT2D eigenvalue weighted by Gasteiger charge is 2.32. The summed E-state index contributed by atoms with van der Waals surface area (Å²) in [6, 6.07) is 38.9. The van der Waals surface area contributed by atoms with E-state index in [1.165, 1.54) is 60.0 Å². The van der Waals surface area contributed by atoms with Crippen molar-refractivity contribution >= 4 is 75.2 Å². The first-order chi connectivity index (χ1) is 28.2. The van der Waals surface area contributed by atoms with Gasteiger partial charge in [0, 0.05) is 26.6 Å². The highest BCUT2D eigenvalue weighted by Crippen LogP contribution is 2.44. The maximum absolute atomic E-state index is 14.9. The number of carbonyl (C=O) groups is 4. The monoisotopic (exact) mass is 829 g/mol. The summed E-state index contributed by atoms with van der Waals surface area (Å²) in [5.41, 5.74) is 3.61. The predicted octanol–water partition coefficient (Wildman–Crippen LogP) is 10.5. The first-order valence-corrected chi connectivity index (χ1v) is 20.5. The molecule has 12 heteroatoms. The van der Waals surface area contributed by atoms with Crippen LogP contribution in [0.5, 0.6) is 0 Å². The van der Waals surface area contributed by atoms with E-state index in [0.717, 1.165) is 28.8 Å². The summed E-state index contributed by atoms with van der Waals surface area (Å²) < 4.78 is 20.1. The Hall–Kier alpha value is -6.01. The lowest BCUT2D eigenvalue weighted by Crippen LogP contribution is -2.30. The van der Waals surface area contributed by atoms with E-state index in [4.69, 9.17) is 16.3 Å². The fourth-order valence-electron chi connectivity index (χ4n) is 6.80. The number of hydrogen-bond acceptors (Lipinski definition) is 7. The zero-order valence-electron chi connectivity index (χ0n) is 31.2. The lowest BCUT2D eigenvalue weighted by molar-refractivity contribution is -0.116. The summed E-state index contributed by atoms with van der Waals surface area (Å²) in [5.74, 6) is -2.52. The molecule has 0 saturated heterocycles. The molecule has 1 aromatic heterocycles. The van der Waals surface area contributed by atoms with Crippen LogP contribution in [0.15, 0.2) is 144 Å². The fourth-order valence-corrected chi connectivity index (χ4v) is 9.42. The minimum absolute atomic E-state index is 0.0562. The van der Waals surface area contributed by atoms with E-state index in [9.17, 15) is 23.6 Å². The number of benzene rings is 5. The highest BCUT2D eigenvalue weighted by molar-refractivity contribution is 8.00. The Morgan fingerprint density at radius 3 is 2.26 bits per heavy atom. The number of ether oxygens (including phenoxy) is 1. The molecule has 0 saturated carbocycles. The van der Waals surface area contributed by atoms with Crippen molar-refractivity contribution in [3.05, 3.63) is 188 Å². The summed E-state index contributed by atoms with van der Waals surface area (Å²) in [4.78, 5) is 56.2. The largest absolute Gasteiger partial charge is 0.465 e. The van der Waals surface area contributed by atoms with Crippen molar-refractivity contribution < 1.29 is 28.3 Å². The lowest BCUT2D eigenvalue weighted by atomic mass is 9.83. The molecule has 5 aromatic carbocycles. The number of thioether (sulfide) groups is 1. The quantitative estimate of drug-likeness (QED) is 0.0643. The Kier molecular flexibility index (Phi) is 12.8. The number of esters is 1. The molecule has 1 aliphatic rings. The van der Waals surface area contributed by atoms with E-state index in [1.807, 2.05) is 54.6 Å². The van der Waals surface area contributed by atoms with Gasteiger partial charge in [-0.1, -0.05) is 103 Å². The molecule has 1 aliphatic carbocycles. The van der Waals surface area contributed by atoms with Crippen LogP contribution in [0.2, 0.25) is 5.02 Å². The number of methoxy groups -OCH3 is 1. The van der Waals surface area contributed by atoms with Crippen molar-refractivity contribution in [1.82, 2.24) is 5.32 Å². The number of thiophene rings is 1. The van der Waals surface area contributed by atoms with Gasteiger partial charge >= 0.3 is 5.97 Å². The topological polar surface area (TPSA) is 114 Å². The fraction of sp³-hybridized carbons (Fsp3) is 0.130. The molecular weight excluding hydrogens is 793 g/mol. The van der Waals surface area contributed by atoms with Gasteiger partial charge in [-0.05, 0) is 90.4 Å². The van der Waals surface area contributed by atoms with Gasteiger partial charge in [-0.25, -0.2) is 9.18 Å². The number of amides is 3. The molecule has 58 heavy (non-hydrogen) atoms. The summed E-state index contributed by atoms with van der Waals surface area (Å²) in [6.45, 7) is 0. The molecule has 3 N–H and O–H groups in total. The summed E-state index contributed by atoms with van der Waals surface area (Å²) in [5, 5.41) is 8.22. The molecule has 0 radical (unpaired) electrons. The molecule has 2 unspecified atom stereocenters. The molecule has 0 bridgehead atoms. The number of hydrogen-bond donors (Lipinski definition) is 3. The summed E-state index contributed by atoms with van der Waals surface area (Å²) in [7, 11) is 1.34. The molecule has 8 nitrogen and oxygen atoms in total. The van der Waals surface area contributed by atoms with E-state index in [-0.39, 0.29) is 22.2 Å². The second-order valence-electron chi connectivity index (χ2n) is 13.4. The zero-order valence-corrected chi connectivity index (χ0v) is 33.6. The van der Waals surface area contributed by atoms with Crippen molar-refractivity contribution in [3.8, 4) is 0 Å². The highest BCUT2D eigenvalue weighted by atomic mass is 35.5. The van der Waals surface area contributed by atoms with Crippen molar-refractivity contribution in [3.63, 3.8) is 0 Å². The van der Waals surface area contributed by atoms with Gasteiger partial charge in [0.2, 0.25) is 5.91 Å². The molecule has 0 aliphatic heterocycles. The van der Waals surface area contributed by atoms with Crippen LogP contribution < -0.4 is 16.0 Å². The van der Waals surface area contributed by atoms with Crippen LogP contribution in [0.3, 0.4) is 0 Å². The van der Waals surface area contributed by atoms with E-state index >= 15 is 0 Å². The zero-order chi connectivity index (χ0) is 40.6. The second kappa shape index (κ2) is 18.5. The number of fused-ring (bicyclic) bond motifs is 1. The third kappa shape index (κ3) is 9.40. The minimum Gasteiger partial charge on any atom is -0.465 e. The lowest BCUT2D eigenvalue weighted by Gasteiger charge is -2.22. The first-order valence-electron chi connectivity index (χ1n) is 18.4. The minimum atomic E-state index is -0.766. The summed E-state index contributed by atoms with van der Waals surface area (Å²) in [6.07, 6.45) is 3.49. The van der Waals surface area contributed by atoms with Gasteiger partial charge < -0.3 is 20.7 Å². The van der Waals surface area contributed by atoms with Gasteiger partial charge in [0.15, 0.2) is 0 Å². The van der Waals surface area contributed by atoms with Crippen LogP contribution in [0, 0.1) is 5.82 Å². The van der Waals surface area contributed by atoms with Gasteiger partial charge in [-0.15, -0.1) is 23.1 Å². The third-order valence-corrected chi connectivity index (χ3v) is 12.4. The average molecular weight is 830 g/mol. The normalized spacial score (nSPS) is 14.1. The van der Waals surface area contributed by atoms with Gasteiger partial charge in [0.05, 0.1) is 17.7 Å². The SMILES string of the molecule is COC(=O)c1c(NC(=O)C(Sc2cccc(NC(=O)/C(=C\c3c(F)cccc3Cl)NC(=O)c3ccccc3)c2)c2ccccc2)sc2c1CCC(c1ccccc1)C2. The maximum atomic E-state index is 14.9. The standard InChI is InChI=1S/C46H37ClFN3O5S2/c1-56-46(55)40-34-24-23-31(28-13-5-2-6-14-28)25-39(34)58-45(40)51-44(54)41(29-15-7-3-8-16-29)57-33-20-11-19-32(26-33)49-43(53)38(27-35-36(47)21-12-22-37(35)48)50-42(52)30-17-9-4-10-18-30/h2-22,26-27,31,41H,23-25H2,1H3,(H,49,53)(H,50,52)(H,51,54)/b38-27+. The number of anilines is 2. The molecular formula is C46H37ClFN3O5S2. The van der Waals surface area contributed by atoms with E-state index in [2.05, 4.69) is 28.1 Å². The maximum Gasteiger partial charge on any atom is 0.341 e. The molecule has 1 heterocycles. The van der Waals surface area contributed by atoms with Crippen LogP contribution >= 0.6 is 34.7 Å². The smallest absolute Gasteiger partial charge is 0.341 e. The van der Waals surface area contributed by atoms with E-state index in [1.54, 1.807) is 48.5 Å². The van der Waals surface area contributed by atoms with Crippen LogP contribution in [0.1, 0.15) is 65.4 Å². The van der Waals surface area contributed by atoms with Crippen molar-refractivity contribution in [2.45, 2.75) is 35.3 Å². The second-order valence-corrected chi connectivity index (χ2v) is 16.1. The number of carbonyl (C=O) groups excluding carboxylic acids is 4. The van der Waals surface area contributed by atoms with Gasteiger partial charge in [-0.2, -0.15) is 0 Å². The van der Waals surface area contributed by atoms with Crippen LogP contribution in [-0.2, 0) is 27.2 Å². The van der Waals surface area contributed by atoms with Gasteiger partial charge in [-0.3, -0.25) is 14.4 Å². The van der Waals surface area contributed by atoms with Crippen molar-refractivity contribution in [2.24, 2.45) is 0 Å². The Balaban J connectivity index is 1.14. The first kappa shape index (κ1) is 40.2. The molecule has 0 fully saturated rings. The Morgan fingerprint density at radius 1 is 0.862 bits per heavy atom. The Labute approximate surface area is 348 Å². The van der Waals surface area contributed by atoms with E-state index < -0.39 is 28.9 Å². The van der Waals surface area contributed by atoms with Gasteiger partial charge in [0.25, 0.3) is 11.8 Å². The third-order valence-electron chi connectivity index (χ3n) is 9.67. The van der Waals surface area contributed by atoms with Crippen LogP contribution in [0.4, 0.5) is 15.1 Å². The molecule has 6 aromatic rings. The molecule has 292 valence electrons. The van der Waals surface area contributed by atoms with Crippen LogP contribution in [-0.4, -0.2) is 30.8 Å². The molecule has 7 rings (SSSR count). The van der Waals surface area contributed by atoms with E-state index in [0.29, 0.717) is 39.0 Å². The number of nitrogens with one attached hydrogen (secondary N) is 3. The number of rotatable bonds is 12.